The second-order valence-electron chi connectivity index (χ2n) is 4.72. The Bertz CT molecular complexity index is 233. The van der Waals surface area contributed by atoms with Gasteiger partial charge in [0.05, 0.1) is 0 Å². The minimum absolute atomic E-state index is 0.460. The SMILES string of the molecule is CCNC(CN(CC)CCCN(CC)CC)C(=O)O. The van der Waals surface area contributed by atoms with Gasteiger partial charge < -0.3 is 20.2 Å². The fourth-order valence-electron chi connectivity index (χ4n) is 2.17. The number of likely N-dealkylation sites (N-methyl/N-ethyl adjacent to an activating group) is 2. The normalized spacial score (nSPS) is 13.2. The van der Waals surface area contributed by atoms with Crippen LogP contribution in [0.2, 0.25) is 0 Å². The number of nitrogens with one attached hydrogen (secondary N) is 1. The highest BCUT2D eigenvalue weighted by atomic mass is 16.4. The maximum Gasteiger partial charge on any atom is 0.322 e. The van der Waals surface area contributed by atoms with Crippen molar-refractivity contribution < 1.29 is 9.90 Å². The zero-order valence-electron chi connectivity index (χ0n) is 13.0. The molecule has 0 radical (unpaired) electrons. The van der Waals surface area contributed by atoms with Crippen LogP contribution in [0, 0.1) is 0 Å². The first kappa shape index (κ1) is 18.4. The smallest absolute Gasteiger partial charge is 0.322 e. The Kier molecular flexibility index (Phi) is 10.8. The molecule has 5 nitrogen and oxygen atoms in total. The number of nitrogens with zero attached hydrogens (tertiary/aromatic N) is 2. The van der Waals surface area contributed by atoms with Crippen LogP contribution in [0.5, 0.6) is 0 Å². The number of hydrogen-bond donors (Lipinski definition) is 2. The summed E-state index contributed by atoms with van der Waals surface area (Å²) in [4.78, 5) is 15.7. The van der Waals surface area contributed by atoms with Crippen LogP contribution in [0.4, 0.5) is 0 Å². The lowest BCUT2D eigenvalue weighted by molar-refractivity contribution is -0.140. The fourth-order valence-corrected chi connectivity index (χ4v) is 2.17. The summed E-state index contributed by atoms with van der Waals surface area (Å²) in [5.41, 5.74) is 0. The summed E-state index contributed by atoms with van der Waals surface area (Å²) in [6.07, 6.45) is 1.09. The number of hydrogen-bond acceptors (Lipinski definition) is 4. The number of carboxylic acid groups (broad SMARTS) is 1. The zero-order valence-corrected chi connectivity index (χ0v) is 13.0. The average molecular weight is 273 g/mol. The van der Waals surface area contributed by atoms with Crippen LogP contribution in [0.15, 0.2) is 0 Å². The molecule has 0 saturated heterocycles. The molecule has 0 saturated carbocycles. The Morgan fingerprint density at radius 3 is 2.00 bits per heavy atom. The highest BCUT2D eigenvalue weighted by Gasteiger charge is 2.18. The van der Waals surface area contributed by atoms with E-state index >= 15 is 0 Å². The first-order valence-corrected chi connectivity index (χ1v) is 7.49. The summed E-state index contributed by atoms with van der Waals surface area (Å²) in [5, 5.41) is 12.2. The first-order valence-electron chi connectivity index (χ1n) is 7.49. The van der Waals surface area contributed by atoms with E-state index in [0.717, 1.165) is 39.1 Å². The fraction of sp³-hybridized carbons (Fsp3) is 0.929. The van der Waals surface area contributed by atoms with Crippen LogP contribution in [-0.2, 0) is 4.79 Å². The molecule has 0 fully saturated rings. The van der Waals surface area contributed by atoms with Gasteiger partial charge in [-0.3, -0.25) is 4.79 Å². The van der Waals surface area contributed by atoms with Crippen molar-refractivity contribution in [2.45, 2.75) is 40.2 Å². The maximum atomic E-state index is 11.1. The van der Waals surface area contributed by atoms with E-state index in [9.17, 15) is 4.79 Å². The number of rotatable bonds is 12. The minimum Gasteiger partial charge on any atom is -0.480 e. The predicted octanol–water partition coefficient (Wildman–Crippen LogP) is 1.10. The van der Waals surface area contributed by atoms with E-state index in [1.165, 1.54) is 0 Å². The number of carboxylic acids is 1. The van der Waals surface area contributed by atoms with E-state index < -0.39 is 12.0 Å². The topological polar surface area (TPSA) is 55.8 Å². The third-order valence-corrected chi connectivity index (χ3v) is 3.48. The van der Waals surface area contributed by atoms with Crippen molar-refractivity contribution in [1.82, 2.24) is 15.1 Å². The highest BCUT2D eigenvalue weighted by molar-refractivity contribution is 5.73. The quantitative estimate of drug-likeness (QED) is 0.558. The van der Waals surface area contributed by atoms with E-state index in [4.69, 9.17) is 5.11 Å². The molecule has 0 aromatic carbocycles. The van der Waals surface area contributed by atoms with Gasteiger partial charge in [-0.05, 0) is 45.7 Å². The van der Waals surface area contributed by atoms with Gasteiger partial charge in [-0.1, -0.05) is 27.7 Å². The Hall–Kier alpha value is -0.650. The van der Waals surface area contributed by atoms with Crippen LogP contribution in [0.3, 0.4) is 0 Å². The lowest BCUT2D eigenvalue weighted by Crippen LogP contribution is -2.46. The molecule has 0 aliphatic carbocycles. The molecule has 1 unspecified atom stereocenters. The van der Waals surface area contributed by atoms with Crippen molar-refractivity contribution in [2.75, 3.05) is 45.8 Å². The van der Waals surface area contributed by atoms with Gasteiger partial charge in [-0.15, -0.1) is 0 Å². The van der Waals surface area contributed by atoms with Crippen LogP contribution in [-0.4, -0.2) is 72.7 Å². The molecule has 19 heavy (non-hydrogen) atoms. The zero-order chi connectivity index (χ0) is 14.7. The van der Waals surface area contributed by atoms with Crippen molar-refractivity contribution in [3.05, 3.63) is 0 Å². The Morgan fingerprint density at radius 1 is 1.05 bits per heavy atom. The molecule has 5 heteroatoms. The predicted molar refractivity (Wildman–Crippen MR) is 79.6 cm³/mol. The van der Waals surface area contributed by atoms with Crippen molar-refractivity contribution >= 4 is 5.97 Å². The number of carbonyl (C=O) groups is 1. The Labute approximate surface area is 118 Å². The number of aliphatic carboxylic acids is 1. The van der Waals surface area contributed by atoms with Crippen LogP contribution < -0.4 is 5.32 Å². The third-order valence-electron chi connectivity index (χ3n) is 3.48. The summed E-state index contributed by atoms with van der Waals surface area (Å²) < 4.78 is 0. The molecule has 0 spiro atoms. The summed E-state index contributed by atoms with van der Waals surface area (Å²) in [7, 11) is 0. The van der Waals surface area contributed by atoms with E-state index in [2.05, 4.69) is 35.9 Å². The van der Waals surface area contributed by atoms with E-state index in [-0.39, 0.29) is 0 Å². The lowest BCUT2D eigenvalue weighted by Gasteiger charge is -2.26. The van der Waals surface area contributed by atoms with Crippen molar-refractivity contribution in [1.29, 1.82) is 0 Å². The molecule has 2 N–H and O–H groups in total. The summed E-state index contributed by atoms with van der Waals surface area (Å²) in [5.74, 6) is -0.760. The van der Waals surface area contributed by atoms with Gasteiger partial charge in [0.2, 0.25) is 0 Å². The lowest BCUT2D eigenvalue weighted by atomic mass is 10.2. The van der Waals surface area contributed by atoms with E-state index in [1.54, 1.807) is 0 Å². The highest BCUT2D eigenvalue weighted by Crippen LogP contribution is 1.98. The molecule has 0 aromatic heterocycles. The largest absolute Gasteiger partial charge is 0.480 e. The third kappa shape index (κ3) is 8.18. The monoisotopic (exact) mass is 273 g/mol. The molecule has 0 aliphatic heterocycles. The van der Waals surface area contributed by atoms with Crippen LogP contribution >= 0.6 is 0 Å². The van der Waals surface area contributed by atoms with Crippen molar-refractivity contribution in [3.63, 3.8) is 0 Å². The molecular formula is C14H31N3O2. The maximum absolute atomic E-state index is 11.1. The van der Waals surface area contributed by atoms with Gasteiger partial charge in [0, 0.05) is 6.54 Å². The van der Waals surface area contributed by atoms with Crippen molar-refractivity contribution in [3.8, 4) is 0 Å². The molecule has 0 bridgehead atoms. The minimum atomic E-state index is -0.760. The second-order valence-corrected chi connectivity index (χ2v) is 4.72. The molecule has 0 heterocycles. The summed E-state index contributed by atoms with van der Waals surface area (Å²) >= 11 is 0. The first-order chi connectivity index (χ1) is 9.08. The molecule has 114 valence electrons. The summed E-state index contributed by atoms with van der Waals surface area (Å²) in [6, 6.07) is -0.460. The Morgan fingerprint density at radius 2 is 1.58 bits per heavy atom. The molecule has 1 atom stereocenters. The van der Waals surface area contributed by atoms with Crippen molar-refractivity contribution in [2.24, 2.45) is 0 Å². The van der Waals surface area contributed by atoms with Gasteiger partial charge in [0.15, 0.2) is 0 Å². The van der Waals surface area contributed by atoms with E-state index in [0.29, 0.717) is 13.1 Å². The molecule has 0 amide bonds. The van der Waals surface area contributed by atoms with Gasteiger partial charge in [-0.2, -0.15) is 0 Å². The summed E-state index contributed by atoms with van der Waals surface area (Å²) in [6.45, 7) is 14.7. The molecule has 0 rings (SSSR count). The van der Waals surface area contributed by atoms with Crippen LogP contribution in [0.25, 0.3) is 0 Å². The standard InChI is InChI=1S/C14H31N3O2/c1-5-15-13(14(18)19)12-17(8-4)11-9-10-16(6-2)7-3/h13,15H,5-12H2,1-4H3,(H,18,19). The van der Waals surface area contributed by atoms with E-state index in [1.807, 2.05) is 6.92 Å². The average Bonchev–Trinajstić information content (AvgIpc) is 2.41. The van der Waals surface area contributed by atoms with Gasteiger partial charge >= 0.3 is 5.97 Å². The van der Waals surface area contributed by atoms with Gasteiger partial charge in [0.25, 0.3) is 0 Å². The molecule has 0 aliphatic rings. The van der Waals surface area contributed by atoms with Gasteiger partial charge in [-0.25, -0.2) is 0 Å². The Balaban J connectivity index is 4.08. The molecule has 0 aromatic rings. The second kappa shape index (κ2) is 11.2. The van der Waals surface area contributed by atoms with Crippen LogP contribution in [0.1, 0.15) is 34.1 Å². The van der Waals surface area contributed by atoms with Gasteiger partial charge in [0.1, 0.15) is 6.04 Å². The molecular weight excluding hydrogens is 242 g/mol.